The topological polar surface area (TPSA) is 26.3 Å². The molecule has 4 heteroatoms. The predicted octanol–water partition coefficient (Wildman–Crippen LogP) is 3.66. The summed E-state index contributed by atoms with van der Waals surface area (Å²) in [4.78, 5) is 11.5. The van der Waals surface area contributed by atoms with Crippen LogP contribution in [0.25, 0.3) is 0 Å². The summed E-state index contributed by atoms with van der Waals surface area (Å²) in [7, 11) is 0. The van der Waals surface area contributed by atoms with Crippen LogP contribution in [0.5, 0.6) is 0 Å². The zero-order valence-corrected chi connectivity index (χ0v) is 10.4. The van der Waals surface area contributed by atoms with Gasteiger partial charge < -0.3 is 4.74 Å². The molecule has 2 atom stereocenters. The second-order valence-electron chi connectivity index (χ2n) is 3.87. The van der Waals surface area contributed by atoms with Crippen LogP contribution in [0.4, 0.5) is 0 Å². The van der Waals surface area contributed by atoms with Crippen molar-refractivity contribution in [1.29, 1.82) is 0 Å². The largest absolute Gasteiger partial charge is 0.466 e. The predicted molar refractivity (Wildman–Crippen MR) is 63.9 cm³/mol. The van der Waals surface area contributed by atoms with Gasteiger partial charge in [-0.1, -0.05) is 29.3 Å². The summed E-state index contributed by atoms with van der Waals surface area (Å²) in [6.45, 7) is 2.24. The van der Waals surface area contributed by atoms with Crippen LogP contribution in [0.1, 0.15) is 24.8 Å². The van der Waals surface area contributed by atoms with E-state index < -0.39 is 0 Å². The van der Waals surface area contributed by atoms with Gasteiger partial charge in [0.05, 0.1) is 12.5 Å². The van der Waals surface area contributed by atoms with Gasteiger partial charge in [0.2, 0.25) is 0 Å². The Bertz CT molecular complexity index is 417. The Balaban J connectivity index is 2.08. The van der Waals surface area contributed by atoms with Gasteiger partial charge in [0.1, 0.15) is 0 Å². The van der Waals surface area contributed by atoms with Crippen molar-refractivity contribution in [2.45, 2.75) is 19.3 Å². The van der Waals surface area contributed by atoms with Crippen LogP contribution in [-0.4, -0.2) is 12.6 Å². The highest BCUT2D eigenvalue weighted by molar-refractivity contribution is 6.35. The van der Waals surface area contributed by atoms with Gasteiger partial charge in [-0.15, -0.1) is 0 Å². The highest BCUT2D eigenvalue weighted by atomic mass is 35.5. The Hall–Kier alpha value is -0.730. The molecule has 0 N–H and O–H groups in total. The number of halogens is 2. The fourth-order valence-corrected chi connectivity index (χ4v) is 2.40. The van der Waals surface area contributed by atoms with E-state index in [1.165, 1.54) is 0 Å². The normalized spacial score (nSPS) is 22.9. The molecule has 1 aromatic rings. The molecule has 2 rings (SSSR count). The third-order valence-corrected chi connectivity index (χ3v) is 3.30. The van der Waals surface area contributed by atoms with Gasteiger partial charge in [0.25, 0.3) is 0 Å². The van der Waals surface area contributed by atoms with Crippen molar-refractivity contribution in [3.05, 3.63) is 33.8 Å². The molecular weight excluding hydrogens is 247 g/mol. The molecule has 1 saturated carbocycles. The molecule has 0 bridgehead atoms. The van der Waals surface area contributed by atoms with E-state index in [0.717, 1.165) is 12.0 Å². The number of benzene rings is 1. The van der Waals surface area contributed by atoms with Crippen molar-refractivity contribution >= 4 is 29.2 Å². The maximum Gasteiger partial charge on any atom is 0.309 e. The first-order valence-electron chi connectivity index (χ1n) is 5.25. The van der Waals surface area contributed by atoms with Gasteiger partial charge in [-0.25, -0.2) is 0 Å². The molecule has 0 radical (unpaired) electrons. The minimum Gasteiger partial charge on any atom is -0.466 e. The average molecular weight is 259 g/mol. The molecule has 1 aliphatic carbocycles. The average Bonchev–Trinajstić information content (AvgIpc) is 2.98. The van der Waals surface area contributed by atoms with Gasteiger partial charge >= 0.3 is 5.97 Å². The number of carbonyl (C=O) groups excluding carboxylic acids is 1. The van der Waals surface area contributed by atoms with Crippen molar-refractivity contribution in [2.24, 2.45) is 5.92 Å². The van der Waals surface area contributed by atoms with Crippen LogP contribution in [0.3, 0.4) is 0 Å². The summed E-state index contributed by atoms with van der Waals surface area (Å²) < 4.78 is 4.97. The van der Waals surface area contributed by atoms with Crippen molar-refractivity contribution in [3.8, 4) is 0 Å². The Labute approximate surface area is 104 Å². The van der Waals surface area contributed by atoms with Gasteiger partial charge in [-0.3, -0.25) is 4.79 Å². The zero-order valence-electron chi connectivity index (χ0n) is 8.87. The summed E-state index contributed by atoms with van der Waals surface area (Å²) in [6, 6.07) is 5.39. The van der Waals surface area contributed by atoms with E-state index in [9.17, 15) is 4.79 Å². The van der Waals surface area contributed by atoms with Gasteiger partial charge in [0.15, 0.2) is 0 Å². The number of carbonyl (C=O) groups is 1. The molecule has 1 fully saturated rings. The number of ether oxygens (including phenoxy) is 1. The summed E-state index contributed by atoms with van der Waals surface area (Å²) >= 11 is 11.9. The Kier molecular flexibility index (Phi) is 3.41. The first-order valence-corrected chi connectivity index (χ1v) is 6.00. The molecule has 0 spiro atoms. The molecule has 0 amide bonds. The SMILES string of the molecule is CCOC(=O)[C@H]1C[C@@H]1c1ccc(Cl)cc1Cl. The van der Waals surface area contributed by atoms with E-state index in [0.29, 0.717) is 16.7 Å². The lowest BCUT2D eigenvalue weighted by Gasteiger charge is -2.04. The van der Waals surface area contributed by atoms with Crippen LogP contribution >= 0.6 is 23.2 Å². The fourth-order valence-electron chi connectivity index (χ4n) is 1.85. The van der Waals surface area contributed by atoms with E-state index >= 15 is 0 Å². The monoisotopic (exact) mass is 258 g/mol. The van der Waals surface area contributed by atoms with Gasteiger partial charge in [-0.05, 0) is 37.0 Å². The molecule has 16 heavy (non-hydrogen) atoms. The zero-order chi connectivity index (χ0) is 11.7. The maximum atomic E-state index is 11.5. The highest BCUT2D eigenvalue weighted by Crippen LogP contribution is 2.50. The molecule has 0 saturated heterocycles. The van der Waals surface area contributed by atoms with Gasteiger partial charge in [-0.2, -0.15) is 0 Å². The quantitative estimate of drug-likeness (QED) is 0.774. The maximum absolute atomic E-state index is 11.5. The summed E-state index contributed by atoms with van der Waals surface area (Å²) in [5.41, 5.74) is 0.990. The van der Waals surface area contributed by atoms with Gasteiger partial charge in [0, 0.05) is 10.0 Å². The molecule has 0 aliphatic heterocycles. The third kappa shape index (κ3) is 2.33. The summed E-state index contributed by atoms with van der Waals surface area (Å²) in [5.74, 6) is 0.0426. The second kappa shape index (κ2) is 4.64. The summed E-state index contributed by atoms with van der Waals surface area (Å²) in [6.07, 6.45) is 0.820. The number of hydrogen-bond donors (Lipinski definition) is 0. The molecule has 1 aliphatic rings. The molecule has 0 heterocycles. The van der Waals surface area contributed by atoms with Crippen molar-refractivity contribution in [3.63, 3.8) is 0 Å². The summed E-state index contributed by atoms with van der Waals surface area (Å²) in [5, 5.41) is 1.24. The van der Waals surface area contributed by atoms with E-state index in [1.54, 1.807) is 12.1 Å². The van der Waals surface area contributed by atoms with E-state index in [1.807, 2.05) is 13.0 Å². The molecule has 1 aromatic carbocycles. The van der Waals surface area contributed by atoms with Crippen molar-refractivity contribution < 1.29 is 9.53 Å². The van der Waals surface area contributed by atoms with Crippen LogP contribution in [-0.2, 0) is 9.53 Å². The van der Waals surface area contributed by atoms with Crippen LogP contribution < -0.4 is 0 Å². The first kappa shape index (κ1) is 11.7. The molecule has 0 aromatic heterocycles. The smallest absolute Gasteiger partial charge is 0.309 e. The lowest BCUT2D eigenvalue weighted by atomic mass is 10.1. The molecular formula is C12H12Cl2O2. The number of hydrogen-bond acceptors (Lipinski definition) is 2. The second-order valence-corrected chi connectivity index (χ2v) is 4.71. The Morgan fingerprint density at radius 1 is 1.50 bits per heavy atom. The van der Waals surface area contributed by atoms with E-state index in [2.05, 4.69) is 0 Å². The van der Waals surface area contributed by atoms with Crippen LogP contribution in [0, 0.1) is 5.92 Å². The standard InChI is InChI=1S/C12H12Cl2O2/c1-2-16-12(15)10-6-9(10)8-4-3-7(13)5-11(8)14/h3-5,9-10H,2,6H2,1H3/t9-,10+/m1/s1. The molecule has 0 unspecified atom stereocenters. The van der Waals surface area contributed by atoms with E-state index in [-0.39, 0.29) is 17.8 Å². The molecule has 86 valence electrons. The Morgan fingerprint density at radius 3 is 2.88 bits per heavy atom. The fraction of sp³-hybridized carbons (Fsp3) is 0.417. The minimum absolute atomic E-state index is 0.0291. The van der Waals surface area contributed by atoms with Crippen LogP contribution in [0.15, 0.2) is 18.2 Å². The molecule has 2 nitrogen and oxygen atoms in total. The van der Waals surface area contributed by atoms with Crippen molar-refractivity contribution in [2.75, 3.05) is 6.61 Å². The first-order chi connectivity index (χ1) is 7.63. The lowest BCUT2D eigenvalue weighted by molar-refractivity contribution is -0.144. The number of esters is 1. The van der Waals surface area contributed by atoms with Crippen LogP contribution in [0.2, 0.25) is 10.0 Å². The lowest BCUT2D eigenvalue weighted by Crippen LogP contribution is -2.07. The van der Waals surface area contributed by atoms with Crippen molar-refractivity contribution in [1.82, 2.24) is 0 Å². The third-order valence-electron chi connectivity index (χ3n) is 2.74. The number of rotatable bonds is 3. The van der Waals surface area contributed by atoms with E-state index in [4.69, 9.17) is 27.9 Å². The minimum atomic E-state index is -0.126. The Morgan fingerprint density at radius 2 is 2.25 bits per heavy atom. The highest BCUT2D eigenvalue weighted by Gasteiger charge is 2.45.